The van der Waals surface area contributed by atoms with Gasteiger partial charge in [-0.25, -0.2) is 0 Å². The van der Waals surface area contributed by atoms with Crippen molar-refractivity contribution in [3.05, 3.63) is 0 Å². The number of aliphatic hydroxyl groups excluding tert-OH is 1. The third-order valence-corrected chi connectivity index (χ3v) is 7.41. The summed E-state index contributed by atoms with van der Waals surface area (Å²) in [5, 5.41) is 8.78. The molecular weight excluding hydrogens is 436 g/mol. The molecule has 1 heterocycles. The van der Waals surface area contributed by atoms with Crippen molar-refractivity contribution >= 4 is 0 Å². The molecule has 0 saturated carbocycles. The second kappa shape index (κ2) is 26.9. The predicted molar refractivity (Wildman–Crippen MR) is 149 cm³/mol. The molecule has 4 nitrogen and oxygen atoms in total. The van der Waals surface area contributed by atoms with Gasteiger partial charge in [0.25, 0.3) is 0 Å². The van der Waals surface area contributed by atoms with Crippen LogP contribution in [0, 0.1) is 5.92 Å². The maximum atomic E-state index is 8.78. The van der Waals surface area contributed by atoms with Crippen LogP contribution in [0.5, 0.6) is 0 Å². The lowest BCUT2D eigenvalue weighted by Gasteiger charge is -2.11. The zero-order valence-electron chi connectivity index (χ0n) is 23.6. The van der Waals surface area contributed by atoms with Gasteiger partial charge in [0.15, 0.2) is 0 Å². The third-order valence-electron chi connectivity index (χ3n) is 7.41. The van der Waals surface area contributed by atoms with E-state index < -0.39 is 0 Å². The fourth-order valence-electron chi connectivity index (χ4n) is 5.08. The van der Waals surface area contributed by atoms with E-state index in [-0.39, 0.29) is 6.10 Å². The first-order chi connectivity index (χ1) is 17.4. The highest BCUT2D eigenvalue weighted by Gasteiger charge is 2.25. The fraction of sp³-hybridized carbons (Fsp3) is 1.00. The van der Waals surface area contributed by atoms with Crippen molar-refractivity contribution in [2.24, 2.45) is 5.92 Å². The molecule has 0 bridgehead atoms. The van der Waals surface area contributed by atoms with Gasteiger partial charge < -0.3 is 19.3 Å². The standard InChI is InChI=1S/C31H62O4/c1-2-3-4-5-6-7-8-9-10-11-12-13-14-15-18-22-25-34-29-31-26-30(28-35-31)27-33-24-21-19-16-17-20-23-32/h30-32H,2-29H2,1H3/t30-,31-/m1/s1. The van der Waals surface area contributed by atoms with E-state index in [1.165, 1.54) is 116 Å². The Hall–Kier alpha value is -0.160. The van der Waals surface area contributed by atoms with Crippen LogP contribution in [-0.2, 0) is 14.2 Å². The SMILES string of the molecule is CCCCCCCCCCCCCCCCCCOC[C@H]1C[C@H](COCCCCCCCO)CO1. The molecular formula is C31H62O4. The molecule has 1 saturated heterocycles. The summed E-state index contributed by atoms with van der Waals surface area (Å²) in [5.74, 6) is 0.536. The maximum Gasteiger partial charge on any atom is 0.0813 e. The van der Waals surface area contributed by atoms with Gasteiger partial charge in [-0.3, -0.25) is 0 Å². The molecule has 0 amide bonds. The quantitative estimate of drug-likeness (QED) is 0.110. The van der Waals surface area contributed by atoms with Crippen molar-refractivity contribution in [3.63, 3.8) is 0 Å². The lowest BCUT2D eigenvalue weighted by atomic mass is 10.0. The van der Waals surface area contributed by atoms with Gasteiger partial charge in [-0.15, -0.1) is 0 Å². The summed E-state index contributed by atoms with van der Waals surface area (Å²) in [6, 6.07) is 0. The molecule has 0 aliphatic carbocycles. The minimum Gasteiger partial charge on any atom is -0.396 e. The second-order valence-corrected chi connectivity index (χ2v) is 11.0. The van der Waals surface area contributed by atoms with E-state index in [0.29, 0.717) is 12.5 Å². The van der Waals surface area contributed by atoms with Crippen LogP contribution in [0.15, 0.2) is 0 Å². The zero-order chi connectivity index (χ0) is 25.1. The van der Waals surface area contributed by atoms with Gasteiger partial charge in [0, 0.05) is 25.7 Å². The fourth-order valence-corrected chi connectivity index (χ4v) is 5.08. The van der Waals surface area contributed by atoms with Crippen LogP contribution in [0.3, 0.4) is 0 Å². The van der Waals surface area contributed by atoms with Gasteiger partial charge >= 0.3 is 0 Å². The van der Waals surface area contributed by atoms with E-state index in [4.69, 9.17) is 19.3 Å². The Bertz CT molecular complexity index is 403. The molecule has 1 aliphatic heterocycles. The number of ether oxygens (including phenoxy) is 3. The Kier molecular flexibility index (Phi) is 25.3. The van der Waals surface area contributed by atoms with E-state index in [2.05, 4.69) is 6.92 Å². The Morgan fingerprint density at radius 2 is 1.00 bits per heavy atom. The van der Waals surface area contributed by atoms with Crippen molar-refractivity contribution in [1.82, 2.24) is 0 Å². The van der Waals surface area contributed by atoms with E-state index in [0.717, 1.165) is 58.7 Å². The topological polar surface area (TPSA) is 47.9 Å². The number of unbranched alkanes of at least 4 members (excludes halogenated alkanes) is 19. The molecule has 0 unspecified atom stereocenters. The molecule has 0 radical (unpaired) electrons. The van der Waals surface area contributed by atoms with Crippen LogP contribution in [0.2, 0.25) is 0 Å². The molecule has 1 rings (SSSR count). The van der Waals surface area contributed by atoms with Crippen LogP contribution in [-0.4, -0.2) is 50.9 Å². The van der Waals surface area contributed by atoms with Crippen molar-refractivity contribution in [3.8, 4) is 0 Å². The molecule has 1 aliphatic rings. The molecule has 0 aromatic carbocycles. The summed E-state index contributed by atoms with van der Waals surface area (Å²) in [4.78, 5) is 0. The number of hydrogen-bond acceptors (Lipinski definition) is 4. The van der Waals surface area contributed by atoms with Crippen LogP contribution >= 0.6 is 0 Å². The van der Waals surface area contributed by atoms with Crippen molar-refractivity contribution in [2.75, 3.05) is 39.6 Å². The summed E-state index contributed by atoms with van der Waals surface area (Å²) in [6.07, 6.45) is 29.5. The molecule has 0 spiro atoms. The van der Waals surface area contributed by atoms with Crippen molar-refractivity contribution in [1.29, 1.82) is 0 Å². The first-order valence-electron chi connectivity index (χ1n) is 15.7. The normalized spacial score (nSPS) is 18.0. The number of aliphatic hydroxyl groups is 1. The Morgan fingerprint density at radius 3 is 1.49 bits per heavy atom. The van der Waals surface area contributed by atoms with Crippen molar-refractivity contribution in [2.45, 2.75) is 154 Å². The molecule has 1 N–H and O–H groups in total. The van der Waals surface area contributed by atoms with E-state index in [1.54, 1.807) is 0 Å². The van der Waals surface area contributed by atoms with Crippen LogP contribution in [0.1, 0.15) is 148 Å². The monoisotopic (exact) mass is 498 g/mol. The van der Waals surface area contributed by atoms with Crippen LogP contribution in [0.4, 0.5) is 0 Å². The average molecular weight is 499 g/mol. The Balaban J connectivity index is 1.73. The predicted octanol–water partition coefficient (Wildman–Crippen LogP) is 8.63. The Labute approximate surface area is 219 Å². The number of rotatable bonds is 28. The van der Waals surface area contributed by atoms with Gasteiger partial charge in [-0.05, 0) is 25.7 Å². The summed E-state index contributed by atoms with van der Waals surface area (Å²) < 4.78 is 17.6. The zero-order valence-corrected chi connectivity index (χ0v) is 23.6. The minimum atomic E-state index is 0.267. The first-order valence-corrected chi connectivity index (χ1v) is 15.7. The lowest BCUT2D eigenvalue weighted by Crippen LogP contribution is -2.15. The maximum absolute atomic E-state index is 8.78. The molecule has 0 aromatic heterocycles. The highest BCUT2D eigenvalue weighted by molar-refractivity contribution is 4.73. The second-order valence-electron chi connectivity index (χ2n) is 11.0. The van der Waals surface area contributed by atoms with Crippen LogP contribution < -0.4 is 0 Å². The number of hydrogen-bond donors (Lipinski definition) is 1. The summed E-state index contributed by atoms with van der Waals surface area (Å²) in [6.45, 7) is 6.76. The largest absolute Gasteiger partial charge is 0.396 e. The summed E-state index contributed by atoms with van der Waals surface area (Å²) >= 11 is 0. The summed E-state index contributed by atoms with van der Waals surface area (Å²) in [5.41, 5.74) is 0. The van der Waals surface area contributed by atoms with E-state index in [1.807, 2.05) is 0 Å². The van der Waals surface area contributed by atoms with Gasteiger partial charge in [0.1, 0.15) is 0 Å². The van der Waals surface area contributed by atoms with Gasteiger partial charge in [-0.2, -0.15) is 0 Å². The van der Waals surface area contributed by atoms with Gasteiger partial charge in [0.2, 0.25) is 0 Å². The molecule has 4 heteroatoms. The minimum absolute atomic E-state index is 0.267. The van der Waals surface area contributed by atoms with Gasteiger partial charge in [-0.1, -0.05) is 122 Å². The van der Waals surface area contributed by atoms with Crippen molar-refractivity contribution < 1.29 is 19.3 Å². The van der Waals surface area contributed by atoms with E-state index in [9.17, 15) is 0 Å². The lowest BCUT2D eigenvalue weighted by molar-refractivity contribution is 0.0141. The smallest absolute Gasteiger partial charge is 0.0813 e. The molecule has 1 fully saturated rings. The van der Waals surface area contributed by atoms with Crippen LogP contribution in [0.25, 0.3) is 0 Å². The Morgan fingerprint density at radius 1 is 0.571 bits per heavy atom. The summed E-state index contributed by atoms with van der Waals surface area (Å²) in [7, 11) is 0. The first kappa shape index (κ1) is 32.9. The highest BCUT2D eigenvalue weighted by atomic mass is 16.5. The third kappa shape index (κ3) is 22.7. The average Bonchev–Trinajstić information content (AvgIpc) is 3.32. The molecule has 0 aromatic rings. The molecule has 35 heavy (non-hydrogen) atoms. The highest BCUT2D eigenvalue weighted by Crippen LogP contribution is 2.20. The van der Waals surface area contributed by atoms with Gasteiger partial charge in [0.05, 0.1) is 25.9 Å². The molecule has 2 atom stereocenters. The molecule has 210 valence electrons. The van der Waals surface area contributed by atoms with E-state index >= 15 is 0 Å².